The monoisotopic (exact) mass is 330 g/mol. The van der Waals surface area contributed by atoms with E-state index in [-0.39, 0.29) is 10.3 Å². The van der Waals surface area contributed by atoms with Crippen molar-refractivity contribution in [3.63, 3.8) is 0 Å². The number of nitrogens with zero attached hydrogens (tertiary/aromatic N) is 1. The van der Waals surface area contributed by atoms with Crippen LogP contribution in [0, 0.1) is 12.3 Å². The number of aryl methyl sites for hydroxylation is 1. The fourth-order valence-corrected chi connectivity index (χ4v) is 3.95. The second kappa shape index (κ2) is 5.96. The van der Waals surface area contributed by atoms with Gasteiger partial charge in [0.15, 0.2) is 0 Å². The van der Waals surface area contributed by atoms with Gasteiger partial charge in [-0.3, -0.25) is 0 Å². The van der Waals surface area contributed by atoms with Gasteiger partial charge in [-0.25, -0.2) is 0 Å². The van der Waals surface area contributed by atoms with Crippen LogP contribution in [0.25, 0.3) is 0 Å². The van der Waals surface area contributed by atoms with Crippen molar-refractivity contribution < 1.29 is 8.42 Å². The summed E-state index contributed by atoms with van der Waals surface area (Å²) < 4.78 is 24.5. The maximum atomic E-state index is 12.3. The Bertz CT molecular complexity index is 789. The normalized spacial score (nSPS) is 25.8. The number of sulfonamides is 1. The lowest BCUT2D eigenvalue weighted by molar-refractivity contribution is 0.380. The summed E-state index contributed by atoms with van der Waals surface area (Å²) in [6.45, 7) is 4.16. The minimum absolute atomic E-state index is 0.118. The van der Waals surface area contributed by atoms with Crippen LogP contribution in [0.15, 0.2) is 58.1 Å². The molecule has 122 valence electrons. The van der Waals surface area contributed by atoms with Crippen LogP contribution in [0.2, 0.25) is 0 Å². The lowest BCUT2D eigenvalue weighted by Crippen LogP contribution is -2.26. The molecule has 1 saturated carbocycles. The summed E-state index contributed by atoms with van der Waals surface area (Å²) in [6, 6.07) is 6.73. The largest absolute Gasteiger partial charge is 0.276 e. The van der Waals surface area contributed by atoms with Gasteiger partial charge >= 0.3 is 0 Å². The van der Waals surface area contributed by atoms with E-state index < -0.39 is 10.0 Å². The minimum atomic E-state index is -3.62. The molecule has 1 aromatic rings. The molecule has 0 saturated heterocycles. The Morgan fingerprint density at radius 1 is 1.17 bits per heavy atom. The van der Waals surface area contributed by atoms with E-state index in [2.05, 4.69) is 22.9 Å². The Morgan fingerprint density at radius 3 is 2.65 bits per heavy atom. The molecule has 4 nitrogen and oxygen atoms in total. The molecule has 23 heavy (non-hydrogen) atoms. The highest BCUT2D eigenvalue weighted by Crippen LogP contribution is 2.43. The molecule has 0 bridgehead atoms. The first-order chi connectivity index (χ1) is 10.9. The molecule has 0 aromatic heterocycles. The number of hydrazone groups is 1. The van der Waals surface area contributed by atoms with Crippen LogP contribution in [0.5, 0.6) is 0 Å². The highest BCUT2D eigenvalue weighted by atomic mass is 32.2. The Kier molecular flexibility index (Phi) is 4.15. The molecule has 1 atom stereocenters. The maximum absolute atomic E-state index is 12.3. The lowest BCUT2D eigenvalue weighted by atomic mass is 9.69. The van der Waals surface area contributed by atoms with Gasteiger partial charge < -0.3 is 0 Å². The quantitative estimate of drug-likeness (QED) is 0.859. The zero-order valence-corrected chi connectivity index (χ0v) is 14.4. The molecule has 0 spiro atoms. The fraction of sp³-hybridized carbons (Fsp3) is 0.389. The summed E-state index contributed by atoms with van der Waals surface area (Å²) in [6.07, 6.45) is 10.7. The second-order valence-corrected chi connectivity index (χ2v) is 8.23. The summed E-state index contributed by atoms with van der Waals surface area (Å²) in [4.78, 5) is 2.56. The van der Waals surface area contributed by atoms with Gasteiger partial charge in [0.25, 0.3) is 10.0 Å². The fourth-order valence-electron chi connectivity index (χ4n) is 3.13. The van der Waals surface area contributed by atoms with Gasteiger partial charge in [-0.15, -0.1) is 0 Å². The molecule has 0 radical (unpaired) electrons. The first-order valence-corrected chi connectivity index (χ1v) is 9.44. The minimum Gasteiger partial charge on any atom is -0.200 e. The highest BCUT2D eigenvalue weighted by molar-refractivity contribution is 7.89. The van der Waals surface area contributed by atoms with E-state index >= 15 is 0 Å². The molecule has 1 unspecified atom stereocenters. The van der Waals surface area contributed by atoms with E-state index in [1.54, 1.807) is 24.3 Å². The number of benzene rings is 1. The number of allylic oxidation sites excluding steroid dienone is 4. The lowest BCUT2D eigenvalue weighted by Gasteiger charge is -2.36. The van der Waals surface area contributed by atoms with Crippen molar-refractivity contribution >= 4 is 15.7 Å². The molecule has 3 rings (SSSR count). The van der Waals surface area contributed by atoms with Crippen LogP contribution in [0.4, 0.5) is 0 Å². The summed E-state index contributed by atoms with van der Waals surface area (Å²) in [7, 11) is -3.62. The third-order valence-corrected chi connectivity index (χ3v) is 5.92. The Morgan fingerprint density at radius 2 is 1.91 bits per heavy atom. The summed E-state index contributed by atoms with van der Waals surface area (Å²) >= 11 is 0. The van der Waals surface area contributed by atoms with Gasteiger partial charge in [-0.1, -0.05) is 42.7 Å². The molecule has 0 amide bonds. The third kappa shape index (κ3) is 3.39. The van der Waals surface area contributed by atoms with Crippen LogP contribution in [-0.4, -0.2) is 14.1 Å². The van der Waals surface area contributed by atoms with Gasteiger partial charge in [0.1, 0.15) is 0 Å². The van der Waals surface area contributed by atoms with Crippen LogP contribution < -0.4 is 4.83 Å². The van der Waals surface area contributed by atoms with E-state index in [1.165, 1.54) is 18.4 Å². The van der Waals surface area contributed by atoms with Gasteiger partial charge in [-0.05, 0) is 50.5 Å². The summed E-state index contributed by atoms with van der Waals surface area (Å²) in [5.41, 5.74) is 3.15. The van der Waals surface area contributed by atoms with Gasteiger partial charge in [-0.2, -0.15) is 18.4 Å². The van der Waals surface area contributed by atoms with Gasteiger partial charge in [0, 0.05) is 5.41 Å². The van der Waals surface area contributed by atoms with Crippen molar-refractivity contribution in [2.75, 3.05) is 0 Å². The first kappa shape index (κ1) is 16.0. The van der Waals surface area contributed by atoms with Crippen LogP contribution in [0.3, 0.4) is 0 Å². The van der Waals surface area contributed by atoms with Crippen molar-refractivity contribution in [2.24, 2.45) is 10.5 Å². The molecule has 2 aliphatic carbocycles. The van der Waals surface area contributed by atoms with E-state index in [9.17, 15) is 8.42 Å². The molecule has 5 heteroatoms. The molecule has 0 aliphatic heterocycles. The molecule has 1 aromatic carbocycles. The number of hydrogen-bond acceptors (Lipinski definition) is 3. The van der Waals surface area contributed by atoms with E-state index in [0.29, 0.717) is 5.71 Å². The molecule has 2 aliphatic rings. The van der Waals surface area contributed by atoms with Crippen molar-refractivity contribution in [3.8, 4) is 0 Å². The highest BCUT2D eigenvalue weighted by Gasteiger charge is 2.31. The van der Waals surface area contributed by atoms with Crippen molar-refractivity contribution in [2.45, 2.75) is 44.4 Å². The molecule has 0 heterocycles. The maximum Gasteiger partial charge on any atom is 0.276 e. The topological polar surface area (TPSA) is 58.5 Å². The van der Waals surface area contributed by atoms with E-state index in [1.807, 2.05) is 19.1 Å². The van der Waals surface area contributed by atoms with Crippen LogP contribution in [0.1, 0.15) is 38.2 Å². The van der Waals surface area contributed by atoms with Crippen molar-refractivity contribution in [1.82, 2.24) is 4.83 Å². The van der Waals surface area contributed by atoms with Crippen LogP contribution >= 0.6 is 0 Å². The zero-order chi connectivity index (χ0) is 16.5. The summed E-state index contributed by atoms with van der Waals surface area (Å²) in [5.74, 6) is 0. The van der Waals surface area contributed by atoms with Gasteiger partial charge in [0.05, 0.1) is 10.6 Å². The standard InChI is InChI=1S/C18H22N2O2S/c1-14-6-8-17(9-7-14)23(21,22)20-19-16-10-12-18(2)11-4-3-5-15(18)13-16/h6-10,12-13,20H,3-5,11H2,1-2H3/b19-16+. The number of hydrogen-bond donors (Lipinski definition) is 1. The van der Waals surface area contributed by atoms with E-state index in [4.69, 9.17) is 0 Å². The van der Waals surface area contributed by atoms with Crippen molar-refractivity contribution in [1.29, 1.82) is 0 Å². The molecular weight excluding hydrogens is 308 g/mol. The number of rotatable bonds is 3. The van der Waals surface area contributed by atoms with Crippen LogP contribution in [-0.2, 0) is 10.0 Å². The Balaban J connectivity index is 1.79. The molecular formula is C18H22N2O2S. The van der Waals surface area contributed by atoms with Crippen molar-refractivity contribution in [3.05, 3.63) is 53.6 Å². The third-order valence-electron chi connectivity index (χ3n) is 4.70. The Hall–Kier alpha value is -1.88. The predicted molar refractivity (Wildman–Crippen MR) is 92.7 cm³/mol. The number of nitrogens with one attached hydrogen (secondary N) is 1. The second-order valence-electron chi connectivity index (χ2n) is 6.57. The summed E-state index contributed by atoms with van der Waals surface area (Å²) in [5, 5.41) is 4.09. The predicted octanol–water partition coefficient (Wildman–Crippen LogP) is 3.71. The molecule has 1 N–H and O–H groups in total. The SMILES string of the molecule is Cc1ccc(S(=O)(=O)N/N=C2\C=CC3(C)CCCCC3=C2)cc1. The molecule has 1 fully saturated rings. The first-order valence-electron chi connectivity index (χ1n) is 7.96. The Labute approximate surface area is 138 Å². The smallest absolute Gasteiger partial charge is 0.200 e. The number of fused-ring (bicyclic) bond motifs is 1. The average molecular weight is 330 g/mol. The van der Waals surface area contributed by atoms with Gasteiger partial charge in [0.2, 0.25) is 0 Å². The zero-order valence-electron chi connectivity index (χ0n) is 13.5. The van der Waals surface area contributed by atoms with E-state index in [0.717, 1.165) is 18.4 Å². The average Bonchev–Trinajstić information content (AvgIpc) is 2.53.